The van der Waals surface area contributed by atoms with E-state index < -0.39 is 0 Å². The summed E-state index contributed by atoms with van der Waals surface area (Å²) in [5.41, 5.74) is 0.354. The van der Waals surface area contributed by atoms with Crippen molar-refractivity contribution in [3.05, 3.63) is 0 Å². The summed E-state index contributed by atoms with van der Waals surface area (Å²) in [5, 5.41) is 0. The third-order valence-corrected chi connectivity index (χ3v) is 4.42. The van der Waals surface area contributed by atoms with Crippen LogP contribution >= 0.6 is 0 Å². The Balaban J connectivity index is 2.00. The van der Waals surface area contributed by atoms with Crippen molar-refractivity contribution in [2.24, 2.45) is 11.3 Å². The molecule has 0 aromatic rings. The molecule has 2 heteroatoms. The Morgan fingerprint density at radius 2 is 1.83 bits per heavy atom. The lowest BCUT2D eigenvalue weighted by atomic mass is 9.84. The van der Waals surface area contributed by atoms with Gasteiger partial charge in [-0.05, 0) is 25.2 Å². The van der Waals surface area contributed by atoms with E-state index in [1.807, 2.05) is 0 Å². The van der Waals surface area contributed by atoms with Gasteiger partial charge in [-0.3, -0.25) is 0 Å². The maximum atomic E-state index is 5.85. The van der Waals surface area contributed by atoms with Crippen molar-refractivity contribution < 1.29 is 9.47 Å². The number of rotatable bonds is 11. The molecular weight excluding hydrogens is 224 g/mol. The Morgan fingerprint density at radius 3 is 2.33 bits per heavy atom. The number of ether oxygens (including phenoxy) is 2. The fourth-order valence-corrected chi connectivity index (χ4v) is 2.59. The van der Waals surface area contributed by atoms with Crippen molar-refractivity contribution in [2.45, 2.75) is 65.7 Å². The summed E-state index contributed by atoms with van der Waals surface area (Å²) in [7, 11) is 0. The summed E-state index contributed by atoms with van der Waals surface area (Å²) >= 11 is 0. The van der Waals surface area contributed by atoms with Crippen molar-refractivity contribution in [3.8, 4) is 0 Å². The van der Waals surface area contributed by atoms with Gasteiger partial charge in [-0.25, -0.2) is 0 Å². The molecule has 0 aromatic carbocycles. The molecule has 1 saturated heterocycles. The minimum absolute atomic E-state index is 0.354. The van der Waals surface area contributed by atoms with Crippen LogP contribution in [0.3, 0.4) is 0 Å². The van der Waals surface area contributed by atoms with E-state index in [-0.39, 0.29) is 0 Å². The summed E-state index contributed by atoms with van der Waals surface area (Å²) in [4.78, 5) is 0. The zero-order valence-electron chi connectivity index (χ0n) is 12.7. The van der Waals surface area contributed by atoms with Crippen LogP contribution in [0.2, 0.25) is 0 Å². The second-order valence-electron chi connectivity index (χ2n) is 5.96. The lowest BCUT2D eigenvalue weighted by Crippen LogP contribution is -2.45. The van der Waals surface area contributed by atoms with Gasteiger partial charge in [0.25, 0.3) is 0 Å². The molecule has 1 unspecified atom stereocenters. The third-order valence-electron chi connectivity index (χ3n) is 4.42. The molecule has 18 heavy (non-hydrogen) atoms. The van der Waals surface area contributed by atoms with Crippen LogP contribution in [0.5, 0.6) is 0 Å². The molecular formula is C16H32O2. The van der Waals surface area contributed by atoms with Crippen molar-refractivity contribution in [3.63, 3.8) is 0 Å². The summed E-state index contributed by atoms with van der Waals surface area (Å²) in [6.45, 7) is 10.5. The first-order valence-electron chi connectivity index (χ1n) is 7.91. The van der Waals surface area contributed by atoms with Crippen LogP contribution in [-0.2, 0) is 9.47 Å². The second-order valence-corrected chi connectivity index (χ2v) is 5.96. The van der Waals surface area contributed by atoms with E-state index >= 15 is 0 Å². The summed E-state index contributed by atoms with van der Waals surface area (Å²) in [6.07, 6.45) is 9.18. The van der Waals surface area contributed by atoms with Crippen LogP contribution in [-0.4, -0.2) is 26.4 Å². The first kappa shape index (κ1) is 16.0. The van der Waals surface area contributed by atoms with Gasteiger partial charge in [-0.15, -0.1) is 0 Å². The highest BCUT2D eigenvalue weighted by Crippen LogP contribution is 2.31. The van der Waals surface area contributed by atoms with Gasteiger partial charge < -0.3 is 9.47 Å². The van der Waals surface area contributed by atoms with Gasteiger partial charge in [0.15, 0.2) is 0 Å². The van der Waals surface area contributed by atoms with Crippen LogP contribution in [0.25, 0.3) is 0 Å². The van der Waals surface area contributed by atoms with E-state index in [9.17, 15) is 0 Å². The minimum atomic E-state index is 0.354. The lowest BCUT2D eigenvalue weighted by Gasteiger charge is -2.40. The standard InChI is InChI=1S/C16H32O2/c1-4-7-9-15(5-2)10-8-11-17-12-16(6-3)13-18-14-16/h15H,4-14H2,1-3H3. The molecule has 0 aromatic heterocycles. The molecule has 1 atom stereocenters. The maximum Gasteiger partial charge on any atom is 0.0566 e. The largest absolute Gasteiger partial charge is 0.381 e. The molecule has 1 heterocycles. The molecule has 0 aliphatic carbocycles. The second kappa shape index (κ2) is 8.92. The highest BCUT2D eigenvalue weighted by Gasteiger charge is 2.36. The van der Waals surface area contributed by atoms with E-state index in [4.69, 9.17) is 9.47 Å². The normalized spacial score (nSPS) is 19.5. The molecule has 1 fully saturated rings. The van der Waals surface area contributed by atoms with Gasteiger partial charge in [0.05, 0.1) is 19.8 Å². The highest BCUT2D eigenvalue weighted by molar-refractivity contribution is 4.83. The van der Waals surface area contributed by atoms with Crippen molar-refractivity contribution in [2.75, 3.05) is 26.4 Å². The average molecular weight is 256 g/mol. The predicted molar refractivity (Wildman–Crippen MR) is 76.9 cm³/mol. The fourth-order valence-electron chi connectivity index (χ4n) is 2.59. The van der Waals surface area contributed by atoms with E-state index in [2.05, 4.69) is 20.8 Å². The van der Waals surface area contributed by atoms with Crippen LogP contribution < -0.4 is 0 Å². The van der Waals surface area contributed by atoms with E-state index in [0.29, 0.717) is 5.41 Å². The Kier molecular flexibility index (Phi) is 7.92. The summed E-state index contributed by atoms with van der Waals surface area (Å²) < 4.78 is 11.2. The highest BCUT2D eigenvalue weighted by atomic mass is 16.5. The van der Waals surface area contributed by atoms with Crippen molar-refractivity contribution in [1.29, 1.82) is 0 Å². The Labute approximate surface area is 113 Å². The molecule has 0 spiro atoms. The predicted octanol–water partition coefficient (Wildman–Crippen LogP) is 4.43. The van der Waals surface area contributed by atoms with Crippen LogP contribution in [0, 0.1) is 11.3 Å². The zero-order valence-corrected chi connectivity index (χ0v) is 12.7. The van der Waals surface area contributed by atoms with Gasteiger partial charge in [0.2, 0.25) is 0 Å². The fraction of sp³-hybridized carbons (Fsp3) is 1.00. The maximum absolute atomic E-state index is 5.85. The van der Waals surface area contributed by atoms with Crippen LogP contribution in [0.15, 0.2) is 0 Å². The van der Waals surface area contributed by atoms with Crippen molar-refractivity contribution >= 4 is 0 Å². The average Bonchev–Trinajstić information content (AvgIpc) is 2.35. The Hall–Kier alpha value is -0.0800. The molecule has 0 N–H and O–H groups in total. The summed E-state index contributed by atoms with van der Waals surface area (Å²) in [5.74, 6) is 0.917. The minimum Gasteiger partial charge on any atom is -0.381 e. The topological polar surface area (TPSA) is 18.5 Å². The van der Waals surface area contributed by atoms with Crippen LogP contribution in [0.4, 0.5) is 0 Å². The van der Waals surface area contributed by atoms with Gasteiger partial charge in [-0.2, -0.15) is 0 Å². The molecule has 1 rings (SSSR count). The first-order chi connectivity index (χ1) is 8.76. The van der Waals surface area contributed by atoms with Gasteiger partial charge in [0.1, 0.15) is 0 Å². The van der Waals surface area contributed by atoms with Gasteiger partial charge >= 0.3 is 0 Å². The van der Waals surface area contributed by atoms with E-state index in [1.54, 1.807) is 0 Å². The molecule has 108 valence electrons. The molecule has 1 aliphatic heterocycles. The Morgan fingerprint density at radius 1 is 1.11 bits per heavy atom. The quantitative estimate of drug-likeness (QED) is 0.509. The molecule has 1 aliphatic rings. The first-order valence-corrected chi connectivity index (χ1v) is 7.91. The van der Waals surface area contributed by atoms with E-state index in [0.717, 1.165) is 32.3 Å². The van der Waals surface area contributed by atoms with Gasteiger partial charge in [-0.1, -0.05) is 46.5 Å². The number of unbranched alkanes of at least 4 members (excludes halogenated alkanes) is 1. The summed E-state index contributed by atoms with van der Waals surface area (Å²) in [6, 6.07) is 0. The number of hydrogen-bond acceptors (Lipinski definition) is 2. The smallest absolute Gasteiger partial charge is 0.0566 e. The number of hydrogen-bond donors (Lipinski definition) is 0. The van der Waals surface area contributed by atoms with Crippen molar-refractivity contribution in [1.82, 2.24) is 0 Å². The van der Waals surface area contributed by atoms with Gasteiger partial charge in [0, 0.05) is 12.0 Å². The van der Waals surface area contributed by atoms with E-state index in [1.165, 1.54) is 44.9 Å². The third kappa shape index (κ3) is 5.27. The molecule has 2 nitrogen and oxygen atoms in total. The lowest BCUT2D eigenvalue weighted by molar-refractivity contribution is -0.150. The van der Waals surface area contributed by atoms with Crippen LogP contribution in [0.1, 0.15) is 65.7 Å². The molecule has 0 bridgehead atoms. The molecule has 0 amide bonds. The SMILES string of the molecule is CCCCC(CC)CCCOCC1(CC)COC1. The molecule has 0 saturated carbocycles. The Bertz CT molecular complexity index is 194. The monoisotopic (exact) mass is 256 g/mol. The molecule has 0 radical (unpaired) electrons. The zero-order chi connectivity index (χ0) is 13.3.